The second kappa shape index (κ2) is 10.4. The molecule has 172 valence electrons. The van der Waals surface area contributed by atoms with Gasteiger partial charge in [-0.05, 0) is 60.7 Å². The van der Waals surface area contributed by atoms with Crippen LogP contribution < -0.4 is 16.8 Å². The lowest BCUT2D eigenvalue weighted by molar-refractivity contribution is 0.102. The van der Waals surface area contributed by atoms with Gasteiger partial charge >= 0.3 is 6.09 Å². The van der Waals surface area contributed by atoms with E-state index in [0.717, 1.165) is 16.7 Å². The topological polar surface area (TPSA) is 125 Å². The molecule has 0 saturated heterocycles. The second-order valence-electron chi connectivity index (χ2n) is 8.24. The Bertz CT molecular complexity index is 1170. The van der Waals surface area contributed by atoms with Crippen LogP contribution in [0.4, 0.5) is 16.2 Å². The maximum atomic E-state index is 12.8. The van der Waals surface area contributed by atoms with Gasteiger partial charge in [0.2, 0.25) is 0 Å². The molecular formula is C25H28N3O4P. The highest BCUT2D eigenvalue weighted by atomic mass is 31.2. The lowest BCUT2D eigenvalue weighted by atomic mass is 10.0. The standard InChI is InChI=1S/C25H28N3O4P/c1-33(2,31)21(16-32-25(27)30)14-17-8-10-19(11-9-17)24(29)28-23-15-20(12-13-22(23)26)18-6-4-3-5-7-18/h3-13,15,21H,14,16,26H2,1-2H3,(H2,27,30)(H,28,29). The van der Waals surface area contributed by atoms with Gasteiger partial charge in [-0.3, -0.25) is 4.79 Å². The molecule has 0 bridgehead atoms. The van der Waals surface area contributed by atoms with Crippen LogP contribution >= 0.6 is 7.14 Å². The van der Waals surface area contributed by atoms with Gasteiger partial charge in [-0.15, -0.1) is 0 Å². The van der Waals surface area contributed by atoms with Gasteiger partial charge in [-0.25, -0.2) is 4.79 Å². The van der Waals surface area contributed by atoms with Crippen LogP contribution in [-0.4, -0.2) is 37.6 Å². The van der Waals surface area contributed by atoms with Crippen LogP contribution in [-0.2, 0) is 15.7 Å². The summed E-state index contributed by atoms with van der Waals surface area (Å²) >= 11 is 0. The van der Waals surface area contributed by atoms with Gasteiger partial charge in [-0.2, -0.15) is 0 Å². The number of nitrogens with two attached hydrogens (primary N) is 2. The Morgan fingerprint density at radius 1 is 0.970 bits per heavy atom. The minimum absolute atomic E-state index is 0.0150. The van der Waals surface area contributed by atoms with E-state index in [2.05, 4.69) is 5.32 Å². The van der Waals surface area contributed by atoms with Crippen LogP contribution in [0.2, 0.25) is 0 Å². The molecule has 0 aliphatic heterocycles. The first-order chi connectivity index (χ1) is 15.6. The van der Waals surface area contributed by atoms with Crippen LogP contribution in [0.15, 0.2) is 72.8 Å². The molecule has 0 fully saturated rings. The van der Waals surface area contributed by atoms with Crippen molar-refractivity contribution in [1.82, 2.24) is 0 Å². The fourth-order valence-electron chi connectivity index (χ4n) is 3.37. The summed E-state index contributed by atoms with van der Waals surface area (Å²) in [6.07, 6.45) is -0.456. The summed E-state index contributed by atoms with van der Waals surface area (Å²) in [6.45, 7) is 3.29. The predicted molar refractivity (Wildman–Crippen MR) is 133 cm³/mol. The second-order valence-corrected chi connectivity index (χ2v) is 11.8. The largest absolute Gasteiger partial charge is 0.449 e. The first-order valence-electron chi connectivity index (χ1n) is 10.5. The Morgan fingerprint density at radius 2 is 1.64 bits per heavy atom. The van der Waals surface area contributed by atoms with E-state index in [-0.39, 0.29) is 18.2 Å². The number of nitrogen functional groups attached to an aromatic ring is 1. The zero-order chi connectivity index (χ0) is 24.0. The highest BCUT2D eigenvalue weighted by Crippen LogP contribution is 2.44. The van der Waals surface area contributed by atoms with E-state index in [4.69, 9.17) is 16.2 Å². The van der Waals surface area contributed by atoms with Crippen molar-refractivity contribution in [2.24, 2.45) is 5.73 Å². The molecule has 0 spiro atoms. The minimum atomic E-state index is -2.54. The molecular weight excluding hydrogens is 437 g/mol. The third-order valence-electron chi connectivity index (χ3n) is 5.39. The Labute approximate surface area is 193 Å². The number of nitrogens with one attached hydrogen (secondary N) is 1. The number of ether oxygens (including phenoxy) is 1. The van der Waals surface area contributed by atoms with E-state index in [9.17, 15) is 14.2 Å². The van der Waals surface area contributed by atoms with Crippen LogP contribution in [0.5, 0.6) is 0 Å². The van der Waals surface area contributed by atoms with Gasteiger partial charge in [-0.1, -0.05) is 48.5 Å². The fraction of sp³-hybridized carbons (Fsp3) is 0.200. The normalized spacial score (nSPS) is 12.1. The molecule has 0 aromatic heterocycles. The van der Waals surface area contributed by atoms with Crippen molar-refractivity contribution in [2.45, 2.75) is 12.1 Å². The van der Waals surface area contributed by atoms with Crippen LogP contribution in [0.1, 0.15) is 15.9 Å². The van der Waals surface area contributed by atoms with E-state index in [1.807, 2.05) is 42.5 Å². The van der Waals surface area contributed by atoms with Crippen LogP contribution in [0.3, 0.4) is 0 Å². The first-order valence-corrected chi connectivity index (χ1v) is 13.1. The zero-order valence-corrected chi connectivity index (χ0v) is 19.5. The summed E-state index contributed by atoms with van der Waals surface area (Å²) in [5.41, 5.74) is 15.1. The molecule has 0 aliphatic carbocycles. The number of hydrogen-bond donors (Lipinski definition) is 3. The summed E-state index contributed by atoms with van der Waals surface area (Å²) < 4.78 is 17.4. The molecule has 5 N–H and O–H groups in total. The number of hydrogen-bond acceptors (Lipinski definition) is 5. The minimum Gasteiger partial charge on any atom is -0.449 e. The molecule has 3 aromatic carbocycles. The van der Waals surface area contributed by atoms with Gasteiger partial charge in [0.05, 0.1) is 24.2 Å². The molecule has 3 aromatic rings. The SMILES string of the molecule is CP(C)(=O)C(COC(N)=O)Cc1ccc(C(=O)Nc2cc(-c3ccccc3)ccc2N)cc1. The van der Waals surface area contributed by atoms with Gasteiger partial charge in [0.25, 0.3) is 5.91 Å². The number of carbonyl (C=O) groups is 2. The maximum absolute atomic E-state index is 12.8. The van der Waals surface area contributed by atoms with E-state index < -0.39 is 13.2 Å². The molecule has 2 amide bonds. The maximum Gasteiger partial charge on any atom is 0.404 e. The Balaban J connectivity index is 1.72. The van der Waals surface area contributed by atoms with Crippen molar-refractivity contribution in [1.29, 1.82) is 0 Å². The third-order valence-corrected chi connectivity index (χ3v) is 7.48. The summed E-state index contributed by atoms with van der Waals surface area (Å²) in [7, 11) is -2.54. The lowest BCUT2D eigenvalue weighted by Crippen LogP contribution is -2.24. The van der Waals surface area contributed by atoms with Crippen LogP contribution in [0.25, 0.3) is 11.1 Å². The summed E-state index contributed by atoms with van der Waals surface area (Å²) in [6, 6.07) is 22.3. The number of anilines is 2. The molecule has 0 saturated carbocycles. The molecule has 7 nitrogen and oxygen atoms in total. The molecule has 0 heterocycles. The van der Waals surface area contributed by atoms with Gasteiger partial charge in [0, 0.05) is 5.56 Å². The van der Waals surface area contributed by atoms with E-state index in [0.29, 0.717) is 23.4 Å². The quantitative estimate of drug-likeness (QED) is 0.325. The highest BCUT2D eigenvalue weighted by molar-refractivity contribution is 7.63. The molecule has 0 radical (unpaired) electrons. The van der Waals surface area contributed by atoms with Gasteiger partial charge in [0.15, 0.2) is 0 Å². The van der Waals surface area contributed by atoms with Gasteiger partial charge < -0.3 is 26.1 Å². The molecule has 8 heteroatoms. The Kier molecular flexibility index (Phi) is 7.56. The Hall–Kier alpha value is -3.57. The molecule has 1 atom stereocenters. The summed E-state index contributed by atoms with van der Waals surface area (Å²) in [4.78, 5) is 23.7. The average molecular weight is 465 g/mol. The molecule has 33 heavy (non-hydrogen) atoms. The molecule has 0 aliphatic rings. The third kappa shape index (κ3) is 6.70. The highest BCUT2D eigenvalue weighted by Gasteiger charge is 2.25. The lowest BCUT2D eigenvalue weighted by Gasteiger charge is -2.21. The fourth-order valence-corrected chi connectivity index (χ4v) is 4.45. The van der Waals surface area contributed by atoms with Crippen molar-refractivity contribution in [3.05, 3.63) is 83.9 Å². The Morgan fingerprint density at radius 3 is 2.24 bits per heavy atom. The smallest absolute Gasteiger partial charge is 0.404 e. The average Bonchev–Trinajstić information content (AvgIpc) is 2.78. The monoisotopic (exact) mass is 465 g/mol. The number of rotatable bonds is 8. The van der Waals surface area contributed by atoms with E-state index >= 15 is 0 Å². The van der Waals surface area contributed by atoms with Gasteiger partial charge in [0.1, 0.15) is 6.61 Å². The van der Waals surface area contributed by atoms with Crippen molar-refractivity contribution in [3.8, 4) is 11.1 Å². The molecule has 1 unspecified atom stereocenters. The van der Waals surface area contributed by atoms with Crippen molar-refractivity contribution in [3.63, 3.8) is 0 Å². The van der Waals surface area contributed by atoms with E-state index in [1.165, 1.54) is 0 Å². The molecule has 3 rings (SSSR count). The first kappa shape index (κ1) is 24.1. The number of benzene rings is 3. The van der Waals surface area contributed by atoms with Crippen molar-refractivity contribution < 1.29 is 18.9 Å². The number of amides is 2. The number of carbonyl (C=O) groups excluding carboxylic acids is 2. The van der Waals surface area contributed by atoms with Crippen molar-refractivity contribution in [2.75, 3.05) is 31.0 Å². The number of primary amides is 1. The summed E-state index contributed by atoms with van der Waals surface area (Å²) in [5, 5.41) is 2.87. The zero-order valence-electron chi connectivity index (χ0n) is 18.7. The van der Waals surface area contributed by atoms with E-state index in [1.54, 1.807) is 43.7 Å². The summed E-state index contributed by atoms with van der Waals surface area (Å²) in [5.74, 6) is -0.288. The van der Waals surface area contributed by atoms with Crippen LogP contribution in [0, 0.1) is 0 Å². The van der Waals surface area contributed by atoms with Crippen molar-refractivity contribution >= 4 is 30.5 Å². The predicted octanol–water partition coefficient (Wildman–Crippen LogP) is 4.82.